The van der Waals surface area contributed by atoms with E-state index in [1.807, 2.05) is 0 Å². The molecule has 180 valence electrons. The molecule has 0 saturated heterocycles. The highest BCUT2D eigenvalue weighted by molar-refractivity contribution is 5.60. The minimum atomic E-state index is -3.17. The molecule has 2 N–H and O–H groups in total. The number of nitriles is 1. The zero-order chi connectivity index (χ0) is 24.8. The number of nitrogens with one attached hydrogen (secondary N) is 2. The van der Waals surface area contributed by atoms with E-state index in [0.29, 0.717) is 11.4 Å². The Balaban J connectivity index is 1.48. The molecule has 3 heterocycles. The van der Waals surface area contributed by atoms with Gasteiger partial charge < -0.3 is 10.6 Å². The van der Waals surface area contributed by atoms with Crippen LogP contribution in [0, 0.1) is 11.3 Å². The summed E-state index contributed by atoms with van der Waals surface area (Å²) in [4.78, 5) is 21.1. The van der Waals surface area contributed by atoms with Crippen molar-refractivity contribution in [3.05, 3.63) is 47.9 Å². The molecule has 0 bridgehead atoms. The van der Waals surface area contributed by atoms with Crippen LogP contribution in [-0.4, -0.2) is 36.9 Å². The average molecular weight is 484 g/mol. The summed E-state index contributed by atoms with van der Waals surface area (Å²) in [5, 5.41) is 15.3. The largest absolute Gasteiger partial charge is 0.351 e. The summed E-state index contributed by atoms with van der Waals surface area (Å²) < 4.78 is 54.3. The number of halogens is 4. The number of anilines is 3. The van der Waals surface area contributed by atoms with Crippen LogP contribution in [0.1, 0.15) is 44.0 Å². The number of hydrogen-bond acceptors (Lipinski definition) is 8. The van der Waals surface area contributed by atoms with Crippen molar-refractivity contribution in [1.82, 2.24) is 24.9 Å². The maximum absolute atomic E-state index is 13.8. The third-order valence-electron chi connectivity index (χ3n) is 5.96. The van der Waals surface area contributed by atoms with E-state index >= 15 is 0 Å². The second-order valence-corrected chi connectivity index (χ2v) is 8.96. The summed E-state index contributed by atoms with van der Waals surface area (Å²) in [6.45, 7) is 0.734. The van der Waals surface area contributed by atoms with Gasteiger partial charge in [-0.1, -0.05) is 6.07 Å². The fraction of sp³-hybridized carbons (Fsp3) is 0.391. The first-order valence-electron chi connectivity index (χ1n) is 11.0. The van der Waals surface area contributed by atoms with Crippen molar-refractivity contribution in [2.45, 2.75) is 55.9 Å². The SMILES string of the molecule is CC(F)(F)c1cccc(-c2nc(Nc3ccnc(C4(C#N)CC4)c3)nc(NC3CC(F)(F)C3)n2)n1. The van der Waals surface area contributed by atoms with Crippen molar-refractivity contribution < 1.29 is 17.6 Å². The first kappa shape index (κ1) is 22.9. The predicted molar refractivity (Wildman–Crippen MR) is 118 cm³/mol. The van der Waals surface area contributed by atoms with Gasteiger partial charge in [0.05, 0.1) is 17.2 Å². The Morgan fingerprint density at radius 2 is 1.80 bits per heavy atom. The normalized spacial score (nSPS) is 18.3. The topological polar surface area (TPSA) is 112 Å². The fourth-order valence-electron chi connectivity index (χ4n) is 3.81. The Labute approximate surface area is 197 Å². The second kappa shape index (κ2) is 8.11. The number of alkyl halides is 4. The van der Waals surface area contributed by atoms with Gasteiger partial charge in [0.1, 0.15) is 11.4 Å². The van der Waals surface area contributed by atoms with Crippen molar-refractivity contribution in [1.29, 1.82) is 5.26 Å². The third kappa shape index (κ3) is 4.84. The minimum Gasteiger partial charge on any atom is -0.351 e. The maximum Gasteiger partial charge on any atom is 0.286 e. The minimum absolute atomic E-state index is 0.00727. The lowest BCUT2D eigenvalue weighted by atomic mass is 9.88. The van der Waals surface area contributed by atoms with Crippen LogP contribution in [0.15, 0.2) is 36.5 Å². The lowest BCUT2D eigenvalue weighted by Gasteiger charge is -2.35. The summed E-state index contributed by atoms with van der Waals surface area (Å²) in [6.07, 6.45) is 2.27. The van der Waals surface area contributed by atoms with Crippen LogP contribution in [0.4, 0.5) is 35.1 Å². The van der Waals surface area contributed by atoms with E-state index in [0.717, 1.165) is 19.8 Å². The highest BCUT2D eigenvalue weighted by atomic mass is 19.3. The van der Waals surface area contributed by atoms with Gasteiger partial charge in [-0.3, -0.25) is 4.98 Å². The van der Waals surface area contributed by atoms with Crippen LogP contribution in [0.3, 0.4) is 0 Å². The highest BCUT2D eigenvalue weighted by Gasteiger charge is 2.47. The first-order valence-corrected chi connectivity index (χ1v) is 11.0. The fourth-order valence-corrected chi connectivity index (χ4v) is 3.81. The monoisotopic (exact) mass is 484 g/mol. The Bertz CT molecular complexity index is 1310. The number of aromatic nitrogens is 5. The number of pyridine rings is 2. The Kier molecular flexibility index (Phi) is 5.30. The molecular weight excluding hydrogens is 464 g/mol. The van der Waals surface area contributed by atoms with Crippen LogP contribution in [-0.2, 0) is 11.3 Å². The smallest absolute Gasteiger partial charge is 0.286 e. The predicted octanol–water partition coefficient (Wildman–Crippen LogP) is 4.95. The van der Waals surface area contributed by atoms with Crippen molar-refractivity contribution in [3.63, 3.8) is 0 Å². The molecule has 12 heteroatoms. The number of hydrogen-bond donors (Lipinski definition) is 2. The van der Waals surface area contributed by atoms with Gasteiger partial charge in [0.15, 0.2) is 5.82 Å². The van der Waals surface area contributed by atoms with Crippen molar-refractivity contribution >= 4 is 17.6 Å². The van der Waals surface area contributed by atoms with Gasteiger partial charge in [-0.25, -0.2) is 13.8 Å². The molecule has 0 unspecified atom stereocenters. The maximum atomic E-state index is 13.8. The molecule has 0 radical (unpaired) electrons. The van der Waals surface area contributed by atoms with E-state index in [2.05, 4.69) is 41.6 Å². The molecular formula is C23H20F4N8. The van der Waals surface area contributed by atoms with E-state index in [1.165, 1.54) is 18.2 Å². The van der Waals surface area contributed by atoms with E-state index in [-0.39, 0.29) is 36.3 Å². The third-order valence-corrected chi connectivity index (χ3v) is 5.96. The Hall–Kier alpha value is -3.88. The zero-order valence-electron chi connectivity index (χ0n) is 18.6. The average Bonchev–Trinajstić information content (AvgIpc) is 3.59. The summed E-state index contributed by atoms with van der Waals surface area (Å²) >= 11 is 0. The van der Waals surface area contributed by atoms with E-state index in [4.69, 9.17) is 0 Å². The first-order chi connectivity index (χ1) is 16.6. The van der Waals surface area contributed by atoms with Crippen LogP contribution >= 0.6 is 0 Å². The number of rotatable bonds is 7. The molecule has 3 aromatic rings. The summed E-state index contributed by atoms with van der Waals surface area (Å²) in [6, 6.07) is 9.22. The molecule has 3 aromatic heterocycles. The van der Waals surface area contributed by atoms with Gasteiger partial charge in [-0.2, -0.15) is 29.0 Å². The van der Waals surface area contributed by atoms with Crippen LogP contribution in [0.2, 0.25) is 0 Å². The van der Waals surface area contributed by atoms with Gasteiger partial charge in [0, 0.05) is 37.7 Å². The summed E-state index contributed by atoms with van der Waals surface area (Å²) in [5.74, 6) is -5.86. The molecule has 0 spiro atoms. The van der Waals surface area contributed by atoms with Gasteiger partial charge in [-0.05, 0) is 37.1 Å². The molecule has 2 saturated carbocycles. The molecule has 2 aliphatic carbocycles. The van der Waals surface area contributed by atoms with E-state index in [9.17, 15) is 22.8 Å². The van der Waals surface area contributed by atoms with Crippen molar-refractivity contribution in [2.75, 3.05) is 10.6 Å². The quantitative estimate of drug-likeness (QED) is 0.453. The second-order valence-electron chi connectivity index (χ2n) is 8.96. The van der Waals surface area contributed by atoms with Crippen molar-refractivity contribution in [3.8, 4) is 17.6 Å². The molecule has 0 amide bonds. The molecule has 5 rings (SSSR count). The molecule has 0 aliphatic heterocycles. The summed E-state index contributed by atoms with van der Waals surface area (Å²) in [5.41, 5.74) is 0.196. The molecule has 0 atom stereocenters. The molecule has 2 aliphatic rings. The van der Waals surface area contributed by atoms with Crippen LogP contribution in [0.5, 0.6) is 0 Å². The summed E-state index contributed by atoms with van der Waals surface area (Å²) in [7, 11) is 0. The van der Waals surface area contributed by atoms with Crippen LogP contribution < -0.4 is 10.6 Å². The highest BCUT2D eigenvalue weighted by Crippen LogP contribution is 2.47. The van der Waals surface area contributed by atoms with E-state index in [1.54, 1.807) is 18.3 Å². The molecule has 35 heavy (non-hydrogen) atoms. The van der Waals surface area contributed by atoms with E-state index < -0.39 is 29.0 Å². The van der Waals surface area contributed by atoms with Crippen molar-refractivity contribution in [2.24, 2.45) is 0 Å². The lowest BCUT2D eigenvalue weighted by Crippen LogP contribution is -2.44. The van der Waals surface area contributed by atoms with Gasteiger partial charge in [0.25, 0.3) is 11.8 Å². The molecule has 8 nitrogen and oxygen atoms in total. The molecule has 0 aromatic carbocycles. The van der Waals surface area contributed by atoms with Crippen LogP contribution in [0.25, 0.3) is 11.5 Å². The zero-order valence-corrected chi connectivity index (χ0v) is 18.6. The molecule has 2 fully saturated rings. The van der Waals surface area contributed by atoms with Gasteiger partial charge in [0.2, 0.25) is 11.9 Å². The lowest BCUT2D eigenvalue weighted by molar-refractivity contribution is -0.0794. The Morgan fingerprint density at radius 1 is 1.06 bits per heavy atom. The Morgan fingerprint density at radius 3 is 2.46 bits per heavy atom. The van der Waals surface area contributed by atoms with Gasteiger partial charge >= 0.3 is 0 Å². The number of nitrogens with zero attached hydrogens (tertiary/aromatic N) is 6. The van der Waals surface area contributed by atoms with Gasteiger partial charge in [-0.15, -0.1) is 0 Å². The standard InChI is InChI=1S/C23H20F4N8/c1-21(24,25)16-4-2-3-15(32-16)18-33-19(35-20(34-18)31-14-10-23(26,27)11-14)30-13-5-8-29-17(9-13)22(12-28)6-7-22/h2-5,8-9,14H,6-7,10-11H2,1H3,(H2,29,30,31,33,34,35).